The molecule has 12 heavy (non-hydrogen) atoms. The van der Waals surface area contributed by atoms with Crippen LogP contribution in [0.25, 0.3) is 0 Å². The zero-order chi connectivity index (χ0) is 9.28. The van der Waals surface area contributed by atoms with E-state index in [0.29, 0.717) is 6.42 Å². The molecule has 3 nitrogen and oxygen atoms in total. The number of thiol groups is 1. The first-order valence-electron chi connectivity index (χ1n) is 3.10. The molecular weight excluding hydrogens is 309 g/mol. The lowest BCUT2D eigenvalue weighted by Gasteiger charge is -2.02. The van der Waals surface area contributed by atoms with Crippen molar-refractivity contribution < 1.29 is 9.90 Å². The normalized spacial score (nSPS) is 10.3. The monoisotopic (exact) mass is 325 g/mol. The molecule has 0 saturated carbocycles. The van der Waals surface area contributed by atoms with E-state index >= 15 is 0 Å². The average molecular weight is 325 g/mol. The Kier molecular flexibility index (Phi) is 22.3. The Bertz CT molecular complexity index is 106. The van der Waals surface area contributed by atoms with E-state index in [1.54, 1.807) is 18.0 Å². The lowest BCUT2D eigenvalue weighted by Crippen LogP contribution is -2.30. The van der Waals surface area contributed by atoms with E-state index in [4.69, 9.17) is 10.8 Å². The van der Waals surface area contributed by atoms with Gasteiger partial charge in [-0.15, -0.1) is 24.0 Å². The lowest BCUT2D eigenvalue weighted by molar-refractivity contribution is -0.138. The summed E-state index contributed by atoms with van der Waals surface area (Å²) >= 11 is 5.13. The molecule has 0 rings (SSSR count). The smallest absolute Gasteiger partial charge is 0.320 e. The number of nitrogens with two attached hydrogens (primary N) is 1. The minimum Gasteiger partial charge on any atom is -0.480 e. The molecule has 0 aliphatic carbocycles. The summed E-state index contributed by atoms with van der Waals surface area (Å²) < 4.78 is 0. The molecule has 0 aromatic heterocycles. The summed E-state index contributed by atoms with van der Waals surface area (Å²) in [6.07, 6.45) is 4.17. The van der Waals surface area contributed by atoms with Gasteiger partial charge in [-0.05, 0) is 24.7 Å². The van der Waals surface area contributed by atoms with Crippen LogP contribution < -0.4 is 5.73 Å². The van der Waals surface area contributed by atoms with Gasteiger partial charge in [-0.1, -0.05) is 0 Å². The van der Waals surface area contributed by atoms with Gasteiger partial charge in [-0.3, -0.25) is 4.79 Å². The van der Waals surface area contributed by atoms with E-state index in [0.717, 1.165) is 5.75 Å². The summed E-state index contributed by atoms with van der Waals surface area (Å²) in [6.45, 7) is 0. The first kappa shape index (κ1) is 18.6. The van der Waals surface area contributed by atoms with E-state index in [-0.39, 0.29) is 24.0 Å². The third-order valence-electron chi connectivity index (χ3n) is 0.950. The number of hydrogen-bond donors (Lipinski definition) is 3. The predicted octanol–water partition coefficient (Wildman–Crippen LogP) is 1.32. The standard InChI is InChI=1S/C5H11NO2S.CH4S.HI/c1-9-3-2-4(6)5(7)8;1-2;/h4H,2-3,6H2,1H3,(H,7,8);2H,1H3;1H. The van der Waals surface area contributed by atoms with Crippen molar-refractivity contribution in [1.29, 1.82) is 0 Å². The molecule has 0 aromatic carbocycles. The highest BCUT2D eigenvalue weighted by Crippen LogP contribution is 1.97. The molecule has 0 aliphatic heterocycles. The second-order valence-corrected chi connectivity index (χ2v) is 2.71. The van der Waals surface area contributed by atoms with Crippen LogP contribution >= 0.6 is 48.4 Å². The molecule has 1 unspecified atom stereocenters. The second kappa shape index (κ2) is 14.4. The minimum absolute atomic E-state index is 0. The first-order valence-corrected chi connectivity index (χ1v) is 5.39. The number of rotatable bonds is 4. The fourth-order valence-electron chi connectivity index (χ4n) is 0.368. The molecule has 76 valence electrons. The van der Waals surface area contributed by atoms with E-state index in [9.17, 15) is 4.79 Å². The number of thioether (sulfide) groups is 1. The summed E-state index contributed by atoms with van der Waals surface area (Å²) in [6, 6.07) is -0.683. The third-order valence-corrected chi connectivity index (χ3v) is 1.59. The molecule has 1 atom stereocenters. The van der Waals surface area contributed by atoms with Crippen LogP contribution in [0.4, 0.5) is 0 Å². The second-order valence-electron chi connectivity index (χ2n) is 1.73. The molecule has 0 amide bonds. The largest absolute Gasteiger partial charge is 0.480 e. The van der Waals surface area contributed by atoms with Crippen LogP contribution in [0.15, 0.2) is 0 Å². The third kappa shape index (κ3) is 13.4. The van der Waals surface area contributed by atoms with Crippen LogP contribution in [-0.4, -0.2) is 35.4 Å². The minimum atomic E-state index is -0.913. The highest BCUT2D eigenvalue weighted by atomic mass is 127. The van der Waals surface area contributed by atoms with Crippen LogP contribution in [0.1, 0.15) is 6.42 Å². The Morgan fingerprint density at radius 3 is 2.33 bits per heavy atom. The van der Waals surface area contributed by atoms with E-state index in [1.807, 2.05) is 6.26 Å². The molecule has 0 heterocycles. The van der Waals surface area contributed by atoms with Crippen LogP contribution in [0, 0.1) is 0 Å². The first-order chi connectivity index (χ1) is 5.18. The van der Waals surface area contributed by atoms with Gasteiger partial charge in [0.15, 0.2) is 0 Å². The van der Waals surface area contributed by atoms with E-state index in [1.165, 1.54) is 0 Å². The molecule has 6 heteroatoms. The molecule has 0 radical (unpaired) electrons. The van der Waals surface area contributed by atoms with Gasteiger partial charge in [0, 0.05) is 0 Å². The molecular formula is C6H16INO2S2. The maximum Gasteiger partial charge on any atom is 0.320 e. The van der Waals surface area contributed by atoms with E-state index < -0.39 is 12.0 Å². The maximum absolute atomic E-state index is 10.1. The van der Waals surface area contributed by atoms with Crippen LogP contribution in [0.2, 0.25) is 0 Å². The van der Waals surface area contributed by atoms with Crippen LogP contribution in [-0.2, 0) is 4.79 Å². The van der Waals surface area contributed by atoms with Gasteiger partial charge < -0.3 is 10.8 Å². The number of carboxylic acid groups (broad SMARTS) is 1. The summed E-state index contributed by atoms with van der Waals surface area (Å²) in [5.41, 5.74) is 5.19. The lowest BCUT2D eigenvalue weighted by atomic mass is 10.2. The van der Waals surface area contributed by atoms with Gasteiger partial charge in [-0.2, -0.15) is 24.4 Å². The Labute approximate surface area is 100 Å². The van der Waals surface area contributed by atoms with Gasteiger partial charge in [0.05, 0.1) is 0 Å². The number of carboxylic acids is 1. The molecule has 0 aromatic rings. The molecule has 0 fully saturated rings. The molecule has 0 bridgehead atoms. The number of carbonyl (C=O) groups is 1. The molecule has 3 N–H and O–H groups in total. The van der Waals surface area contributed by atoms with Crippen LogP contribution in [0.5, 0.6) is 0 Å². The maximum atomic E-state index is 10.1. The summed E-state index contributed by atoms with van der Waals surface area (Å²) in [5, 5.41) is 8.27. The Morgan fingerprint density at radius 2 is 2.08 bits per heavy atom. The van der Waals surface area contributed by atoms with Crippen molar-refractivity contribution in [2.45, 2.75) is 12.5 Å². The van der Waals surface area contributed by atoms with Crippen LogP contribution in [0.3, 0.4) is 0 Å². The fraction of sp³-hybridized carbons (Fsp3) is 0.833. The van der Waals surface area contributed by atoms with Crippen molar-refractivity contribution in [3.05, 3.63) is 0 Å². The zero-order valence-corrected chi connectivity index (χ0v) is 11.2. The van der Waals surface area contributed by atoms with Crippen molar-refractivity contribution >= 4 is 54.3 Å². The topological polar surface area (TPSA) is 63.3 Å². The highest BCUT2D eigenvalue weighted by molar-refractivity contribution is 14.0. The Morgan fingerprint density at radius 1 is 1.67 bits per heavy atom. The van der Waals surface area contributed by atoms with Crippen molar-refractivity contribution in [3.8, 4) is 0 Å². The number of halogens is 1. The van der Waals surface area contributed by atoms with Gasteiger partial charge >= 0.3 is 5.97 Å². The summed E-state index contributed by atoms with van der Waals surface area (Å²) in [5.74, 6) is -0.1000. The van der Waals surface area contributed by atoms with Gasteiger partial charge in [0.1, 0.15) is 6.04 Å². The quantitative estimate of drug-likeness (QED) is 0.539. The molecule has 0 saturated heterocycles. The van der Waals surface area contributed by atoms with Gasteiger partial charge in [0.25, 0.3) is 0 Å². The predicted molar refractivity (Wildman–Crippen MR) is 68.9 cm³/mol. The fourth-order valence-corrected chi connectivity index (χ4v) is 0.858. The van der Waals surface area contributed by atoms with Gasteiger partial charge in [-0.25, -0.2) is 0 Å². The Hall–Kier alpha value is 0.860. The SMILES string of the molecule is CS.CSCCC(N)C(=O)O.I. The summed E-state index contributed by atoms with van der Waals surface area (Å²) in [4.78, 5) is 10.1. The van der Waals surface area contributed by atoms with Crippen molar-refractivity contribution in [2.75, 3.05) is 18.3 Å². The highest BCUT2D eigenvalue weighted by Gasteiger charge is 2.08. The van der Waals surface area contributed by atoms with Crippen molar-refractivity contribution in [3.63, 3.8) is 0 Å². The molecule has 0 aliphatic rings. The molecule has 0 spiro atoms. The average Bonchev–Trinajstić information content (AvgIpc) is 2.03. The van der Waals surface area contributed by atoms with Crippen molar-refractivity contribution in [2.24, 2.45) is 5.73 Å². The van der Waals surface area contributed by atoms with Gasteiger partial charge in [0.2, 0.25) is 0 Å². The Balaban J connectivity index is -0.000000249. The summed E-state index contributed by atoms with van der Waals surface area (Å²) in [7, 11) is 0. The van der Waals surface area contributed by atoms with Crippen molar-refractivity contribution in [1.82, 2.24) is 0 Å². The number of hydrogen-bond acceptors (Lipinski definition) is 4. The zero-order valence-electron chi connectivity index (χ0n) is 7.19. The van der Waals surface area contributed by atoms with E-state index in [2.05, 4.69) is 12.6 Å². The number of aliphatic carboxylic acids is 1.